The third-order valence-corrected chi connectivity index (χ3v) is 5.79. The molecule has 2 atom stereocenters. The smallest absolute Gasteiger partial charge is 0.260 e. The second kappa shape index (κ2) is 10.9. The molecular formula is C20H29Cl2N3O3. The standard InChI is InChI=1S/C20H28ClN3O3.ClH/c1-14-16(21)6-2-8-18(14)27-13-19(25)24-10-4-5-15(12-24)11-23-20(26)17-7-3-9-22-17;/h2,6,8,15,17,22H,3-5,7,9-13H2,1H3,(H,23,26);1H. The molecule has 28 heavy (non-hydrogen) atoms. The molecule has 2 heterocycles. The largest absolute Gasteiger partial charge is 0.483 e. The van der Waals surface area contributed by atoms with Crippen molar-refractivity contribution >= 4 is 35.8 Å². The van der Waals surface area contributed by atoms with Crippen molar-refractivity contribution in [3.8, 4) is 5.75 Å². The fourth-order valence-electron chi connectivity index (χ4n) is 3.71. The minimum Gasteiger partial charge on any atom is -0.483 e. The molecule has 0 bridgehead atoms. The van der Waals surface area contributed by atoms with E-state index in [4.69, 9.17) is 16.3 Å². The summed E-state index contributed by atoms with van der Waals surface area (Å²) in [6.45, 7) is 4.82. The van der Waals surface area contributed by atoms with Crippen molar-refractivity contribution in [3.63, 3.8) is 0 Å². The van der Waals surface area contributed by atoms with Gasteiger partial charge in [0.15, 0.2) is 6.61 Å². The maximum Gasteiger partial charge on any atom is 0.260 e. The third kappa shape index (κ3) is 6.00. The number of amides is 2. The lowest BCUT2D eigenvalue weighted by Crippen LogP contribution is -2.47. The fraction of sp³-hybridized carbons (Fsp3) is 0.600. The number of carbonyl (C=O) groups excluding carboxylic acids is 2. The summed E-state index contributed by atoms with van der Waals surface area (Å²) in [7, 11) is 0. The van der Waals surface area contributed by atoms with Crippen molar-refractivity contribution in [1.29, 1.82) is 0 Å². The number of nitrogens with one attached hydrogen (secondary N) is 2. The fourth-order valence-corrected chi connectivity index (χ4v) is 3.88. The van der Waals surface area contributed by atoms with E-state index in [1.165, 1.54) is 0 Å². The van der Waals surface area contributed by atoms with Gasteiger partial charge in [0.1, 0.15) is 5.75 Å². The molecule has 8 heteroatoms. The van der Waals surface area contributed by atoms with Gasteiger partial charge in [-0.2, -0.15) is 0 Å². The maximum atomic E-state index is 12.5. The van der Waals surface area contributed by atoms with E-state index in [9.17, 15) is 9.59 Å². The zero-order valence-corrected chi connectivity index (χ0v) is 17.8. The lowest BCUT2D eigenvalue weighted by atomic mass is 9.97. The Bertz CT molecular complexity index is 681. The molecule has 0 spiro atoms. The Hall–Kier alpha value is -1.50. The Kier molecular flexibility index (Phi) is 8.86. The third-order valence-electron chi connectivity index (χ3n) is 5.38. The van der Waals surface area contributed by atoms with E-state index < -0.39 is 0 Å². The molecule has 2 N–H and O–H groups in total. The predicted molar refractivity (Wildman–Crippen MR) is 112 cm³/mol. The summed E-state index contributed by atoms with van der Waals surface area (Å²) in [5.41, 5.74) is 0.840. The van der Waals surface area contributed by atoms with Crippen LogP contribution >= 0.6 is 24.0 Å². The predicted octanol–water partition coefficient (Wildman–Crippen LogP) is 2.56. The first-order chi connectivity index (χ1) is 13.0. The van der Waals surface area contributed by atoms with Crippen LogP contribution in [-0.4, -0.2) is 55.5 Å². The van der Waals surface area contributed by atoms with Gasteiger partial charge in [0.05, 0.1) is 6.04 Å². The molecular weight excluding hydrogens is 401 g/mol. The minimum absolute atomic E-state index is 0. The molecule has 2 saturated heterocycles. The topological polar surface area (TPSA) is 70.7 Å². The number of likely N-dealkylation sites (tertiary alicyclic amines) is 1. The Morgan fingerprint density at radius 1 is 1.32 bits per heavy atom. The summed E-state index contributed by atoms with van der Waals surface area (Å²) in [6, 6.07) is 5.38. The van der Waals surface area contributed by atoms with Crippen molar-refractivity contribution < 1.29 is 14.3 Å². The first kappa shape index (κ1) is 22.8. The molecule has 2 aliphatic heterocycles. The normalized spacial score (nSPS) is 21.7. The summed E-state index contributed by atoms with van der Waals surface area (Å²) >= 11 is 6.09. The Balaban J connectivity index is 0.00000280. The van der Waals surface area contributed by atoms with Crippen molar-refractivity contribution in [1.82, 2.24) is 15.5 Å². The zero-order chi connectivity index (χ0) is 19.2. The molecule has 1 aromatic carbocycles. The van der Waals surface area contributed by atoms with E-state index in [2.05, 4.69) is 10.6 Å². The van der Waals surface area contributed by atoms with Gasteiger partial charge >= 0.3 is 0 Å². The monoisotopic (exact) mass is 429 g/mol. The number of hydrogen-bond acceptors (Lipinski definition) is 4. The number of ether oxygens (including phenoxy) is 1. The van der Waals surface area contributed by atoms with Gasteiger partial charge in [0.25, 0.3) is 5.91 Å². The van der Waals surface area contributed by atoms with Crippen LogP contribution in [0.25, 0.3) is 0 Å². The Morgan fingerprint density at radius 3 is 2.89 bits per heavy atom. The summed E-state index contributed by atoms with van der Waals surface area (Å²) in [5.74, 6) is 0.986. The van der Waals surface area contributed by atoms with Crippen LogP contribution in [-0.2, 0) is 9.59 Å². The highest BCUT2D eigenvalue weighted by Gasteiger charge is 2.26. The maximum absolute atomic E-state index is 12.5. The Labute approximate surface area is 177 Å². The van der Waals surface area contributed by atoms with Crippen molar-refractivity contribution in [3.05, 3.63) is 28.8 Å². The van der Waals surface area contributed by atoms with Gasteiger partial charge in [-0.1, -0.05) is 17.7 Å². The molecule has 2 fully saturated rings. The highest BCUT2D eigenvalue weighted by atomic mass is 35.5. The molecule has 0 saturated carbocycles. The second-order valence-corrected chi connectivity index (χ2v) is 7.80. The van der Waals surface area contributed by atoms with Gasteiger partial charge in [-0.3, -0.25) is 9.59 Å². The summed E-state index contributed by atoms with van der Waals surface area (Å²) in [4.78, 5) is 26.5. The van der Waals surface area contributed by atoms with E-state index in [0.29, 0.717) is 29.8 Å². The second-order valence-electron chi connectivity index (χ2n) is 7.39. The van der Waals surface area contributed by atoms with Crippen LogP contribution in [0.3, 0.4) is 0 Å². The molecule has 6 nitrogen and oxygen atoms in total. The summed E-state index contributed by atoms with van der Waals surface area (Å²) in [6.07, 6.45) is 3.93. The lowest BCUT2D eigenvalue weighted by Gasteiger charge is -2.33. The number of halogens is 2. The van der Waals surface area contributed by atoms with Gasteiger partial charge in [-0.05, 0) is 57.2 Å². The molecule has 2 amide bonds. The average molecular weight is 430 g/mol. The first-order valence-corrected chi connectivity index (χ1v) is 10.1. The zero-order valence-electron chi connectivity index (χ0n) is 16.2. The van der Waals surface area contributed by atoms with Crippen LogP contribution in [0.2, 0.25) is 5.02 Å². The van der Waals surface area contributed by atoms with E-state index in [1.807, 2.05) is 24.0 Å². The van der Waals surface area contributed by atoms with Crippen molar-refractivity contribution in [2.45, 2.75) is 38.6 Å². The molecule has 156 valence electrons. The van der Waals surface area contributed by atoms with Crippen LogP contribution in [0.1, 0.15) is 31.2 Å². The SMILES string of the molecule is Cc1c(Cl)cccc1OCC(=O)N1CCCC(CNC(=O)C2CCCN2)C1.Cl. The highest BCUT2D eigenvalue weighted by molar-refractivity contribution is 6.31. The molecule has 1 aromatic rings. The van der Waals surface area contributed by atoms with Gasteiger partial charge in [-0.15, -0.1) is 12.4 Å². The summed E-state index contributed by atoms with van der Waals surface area (Å²) in [5, 5.41) is 6.88. The number of carbonyl (C=O) groups is 2. The lowest BCUT2D eigenvalue weighted by molar-refractivity contribution is -0.135. The van der Waals surface area contributed by atoms with Crippen LogP contribution in [0.4, 0.5) is 0 Å². The molecule has 0 aromatic heterocycles. The van der Waals surface area contributed by atoms with Crippen LogP contribution in [0, 0.1) is 12.8 Å². The number of hydrogen-bond donors (Lipinski definition) is 2. The molecule has 3 rings (SSSR count). The number of rotatable bonds is 6. The number of piperidine rings is 1. The molecule has 0 aliphatic carbocycles. The number of benzene rings is 1. The quantitative estimate of drug-likeness (QED) is 0.728. The van der Waals surface area contributed by atoms with Gasteiger partial charge in [0.2, 0.25) is 5.91 Å². The Morgan fingerprint density at radius 2 is 2.14 bits per heavy atom. The summed E-state index contributed by atoms with van der Waals surface area (Å²) < 4.78 is 5.68. The van der Waals surface area contributed by atoms with Crippen molar-refractivity contribution in [2.24, 2.45) is 5.92 Å². The first-order valence-electron chi connectivity index (χ1n) is 9.71. The average Bonchev–Trinajstić information content (AvgIpc) is 3.22. The molecule has 2 aliphatic rings. The van der Waals surface area contributed by atoms with Crippen LogP contribution < -0.4 is 15.4 Å². The highest BCUT2D eigenvalue weighted by Crippen LogP contribution is 2.25. The minimum atomic E-state index is -0.0549. The number of nitrogens with zero attached hydrogens (tertiary/aromatic N) is 1. The van der Waals surface area contributed by atoms with E-state index in [0.717, 1.165) is 44.3 Å². The van der Waals surface area contributed by atoms with Gasteiger partial charge in [-0.25, -0.2) is 0 Å². The van der Waals surface area contributed by atoms with Gasteiger partial charge in [0, 0.05) is 30.2 Å². The molecule has 2 unspecified atom stereocenters. The van der Waals surface area contributed by atoms with E-state index >= 15 is 0 Å². The van der Waals surface area contributed by atoms with Crippen molar-refractivity contribution in [2.75, 3.05) is 32.8 Å². The molecule has 0 radical (unpaired) electrons. The van der Waals surface area contributed by atoms with Gasteiger partial charge < -0.3 is 20.3 Å². The van der Waals surface area contributed by atoms with E-state index in [-0.39, 0.29) is 36.9 Å². The van der Waals surface area contributed by atoms with Crippen LogP contribution in [0.5, 0.6) is 5.75 Å². The van der Waals surface area contributed by atoms with E-state index in [1.54, 1.807) is 6.07 Å². The van der Waals surface area contributed by atoms with Crippen LogP contribution in [0.15, 0.2) is 18.2 Å².